The van der Waals surface area contributed by atoms with Crippen molar-refractivity contribution >= 4 is 24.9 Å². The van der Waals surface area contributed by atoms with Crippen LogP contribution < -0.4 is 5.46 Å². The van der Waals surface area contributed by atoms with Crippen molar-refractivity contribution in [3.05, 3.63) is 28.8 Å². The molecule has 0 unspecified atom stereocenters. The maximum atomic E-state index is 12.5. The molecule has 0 radical (unpaired) electrons. The molecule has 0 bridgehead atoms. The van der Waals surface area contributed by atoms with E-state index in [0.29, 0.717) is 5.46 Å². The second kappa shape index (κ2) is 2.58. The van der Waals surface area contributed by atoms with E-state index in [2.05, 4.69) is 0 Å². The standard InChI is InChI=1S/C6H4BClF2/c7-3-1-4(8)6(10)2-5(3)9/h1-2H,7H2. The van der Waals surface area contributed by atoms with Gasteiger partial charge in [0.1, 0.15) is 19.5 Å². The van der Waals surface area contributed by atoms with Gasteiger partial charge in [0.25, 0.3) is 0 Å². The molecule has 1 aromatic carbocycles. The fourth-order valence-corrected chi connectivity index (χ4v) is 0.840. The molecule has 0 amide bonds. The SMILES string of the molecule is Bc1cc(Cl)c(F)cc1F. The Bertz CT molecular complexity index is 212. The van der Waals surface area contributed by atoms with Gasteiger partial charge in [0, 0.05) is 6.07 Å². The Balaban J connectivity index is 3.28. The third-order valence-electron chi connectivity index (χ3n) is 1.20. The zero-order valence-electron chi connectivity index (χ0n) is 5.29. The average Bonchev–Trinajstić information content (AvgIpc) is 1.84. The Morgan fingerprint density at radius 3 is 2.30 bits per heavy atom. The molecule has 52 valence electrons. The molecule has 0 aromatic heterocycles. The van der Waals surface area contributed by atoms with Crippen LogP contribution in [0.1, 0.15) is 0 Å². The summed E-state index contributed by atoms with van der Waals surface area (Å²) in [4.78, 5) is 0. The highest BCUT2D eigenvalue weighted by atomic mass is 35.5. The summed E-state index contributed by atoms with van der Waals surface area (Å²) < 4.78 is 24.8. The largest absolute Gasteiger partial charge is 0.208 e. The number of rotatable bonds is 0. The van der Waals surface area contributed by atoms with Gasteiger partial charge < -0.3 is 0 Å². The Hall–Kier alpha value is -0.565. The zero-order chi connectivity index (χ0) is 7.72. The first-order chi connectivity index (χ1) is 4.61. The molecule has 0 fully saturated rings. The van der Waals surface area contributed by atoms with E-state index in [1.165, 1.54) is 13.9 Å². The average molecular weight is 160 g/mol. The lowest BCUT2D eigenvalue weighted by Gasteiger charge is -1.96. The predicted molar refractivity (Wildman–Crippen MR) is 39.5 cm³/mol. The molecule has 4 heteroatoms. The minimum Gasteiger partial charge on any atom is -0.208 e. The van der Waals surface area contributed by atoms with Gasteiger partial charge in [-0.2, -0.15) is 0 Å². The van der Waals surface area contributed by atoms with Crippen molar-refractivity contribution in [2.75, 3.05) is 0 Å². The van der Waals surface area contributed by atoms with Crippen LogP contribution in [0.4, 0.5) is 8.78 Å². The van der Waals surface area contributed by atoms with Crippen LogP contribution in [0, 0.1) is 11.6 Å². The first-order valence-electron chi connectivity index (χ1n) is 2.72. The highest BCUT2D eigenvalue weighted by Gasteiger charge is 2.03. The van der Waals surface area contributed by atoms with Gasteiger partial charge in [-0.25, -0.2) is 8.78 Å². The number of hydrogen-bond acceptors (Lipinski definition) is 0. The lowest BCUT2D eigenvalue weighted by molar-refractivity contribution is 0.589. The number of benzene rings is 1. The van der Waals surface area contributed by atoms with Gasteiger partial charge in [0.15, 0.2) is 0 Å². The van der Waals surface area contributed by atoms with Crippen molar-refractivity contribution in [1.82, 2.24) is 0 Å². The highest BCUT2D eigenvalue weighted by molar-refractivity contribution is 6.36. The predicted octanol–water partition coefficient (Wildman–Crippen LogP) is 0.877. The van der Waals surface area contributed by atoms with Crippen molar-refractivity contribution in [3.8, 4) is 0 Å². The van der Waals surface area contributed by atoms with Crippen LogP contribution in [0.2, 0.25) is 5.02 Å². The minimum atomic E-state index is -0.718. The van der Waals surface area contributed by atoms with Crippen LogP contribution in [0.25, 0.3) is 0 Å². The van der Waals surface area contributed by atoms with E-state index in [1.807, 2.05) is 0 Å². The van der Waals surface area contributed by atoms with Crippen LogP contribution in [-0.4, -0.2) is 7.85 Å². The number of hydrogen-bond donors (Lipinski definition) is 0. The summed E-state index contributed by atoms with van der Waals surface area (Å²) in [7, 11) is 1.53. The smallest absolute Gasteiger partial charge is 0.144 e. The summed E-state index contributed by atoms with van der Waals surface area (Å²) in [5.74, 6) is -1.29. The number of halogens is 3. The third-order valence-corrected chi connectivity index (χ3v) is 1.49. The third kappa shape index (κ3) is 1.29. The zero-order valence-corrected chi connectivity index (χ0v) is 6.04. The van der Waals surface area contributed by atoms with E-state index in [-0.39, 0.29) is 5.02 Å². The van der Waals surface area contributed by atoms with E-state index in [9.17, 15) is 8.78 Å². The van der Waals surface area contributed by atoms with Gasteiger partial charge in [0.05, 0.1) is 5.02 Å². The summed E-state index contributed by atoms with van der Waals surface area (Å²) in [6.07, 6.45) is 0. The Morgan fingerprint density at radius 1 is 1.20 bits per heavy atom. The summed E-state index contributed by atoms with van der Waals surface area (Å²) in [5.41, 5.74) is 0.353. The molecule has 0 heterocycles. The summed E-state index contributed by atoms with van der Waals surface area (Å²) in [6.45, 7) is 0. The van der Waals surface area contributed by atoms with Gasteiger partial charge in [-0.3, -0.25) is 0 Å². The Kier molecular flexibility index (Phi) is 1.95. The molecule has 0 nitrogen and oxygen atoms in total. The fourth-order valence-electron chi connectivity index (χ4n) is 0.622. The molecule has 10 heavy (non-hydrogen) atoms. The Morgan fingerprint density at radius 2 is 1.80 bits per heavy atom. The highest BCUT2D eigenvalue weighted by Crippen LogP contribution is 2.12. The van der Waals surface area contributed by atoms with Crippen molar-refractivity contribution in [1.29, 1.82) is 0 Å². The van der Waals surface area contributed by atoms with Crippen LogP contribution in [0.5, 0.6) is 0 Å². The monoisotopic (exact) mass is 160 g/mol. The minimum absolute atomic E-state index is 0.0427. The van der Waals surface area contributed by atoms with E-state index in [0.717, 1.165) is 6.07 Å². The maximum Gasteiger partial charge on any atom is 0.144 e. The summed E-state index contributed by atoms with van der Waals surface area (Å²) >= 11 is 5.34. The van der Waals surface area contributed by atoms with Crippen molar-refractivity contribution < 1.29 is 8.78 Å². The fraction of sp³-hybridized carbons (Fsp3) is 0. The molecule has 0 N–H and O–H groups in total. The van der Waals surface area contributed by atoms with Crippen molar-refractivity contribution in [2.24, 2.45) is 0 Å². The molecule has 1 rings (SSSR count). The van der Waals surface area contributed by atoms with E-state index in [4.69, 9.17) is 11.6 Å². The van der Waals surface area contributed by atoms with Crippen molar-refractivity contribution in [2.45, 2.75) is 0 Å². The normalized spacial score (nSPS) is 9.90. The van der Waals surface area contributed by atoms with Crippen LogP contribution >= 0.6 is 11.6 Å². The first-order valence-corrected chi connectivity index (χ1v) is 3.10. The molecular weight excluding hydrogens is 156 g/mol. The second-order valence-electron chi connectivity index (χ2n) is 2.02. The quantitative estimate of drug-likeness (QED) is 0.390. The van der Waals surface area contributed by atoms with Gasteiger partial charge in [-0.15, -0.1) is 0 Å². The lowest BCUT2D eigenvalue weighted by Crippen LogP contribution is -2.08. The molecule has 1 aromatic rings. The molecule has 0 saturated heterocycles. The van der Waals surface area contributed by atoms with Gasteiger partial charge in [0.2, 0.25) is 0 Å². The maximum absolute atomic E-state index is 12.5. The molecule has 0 aliphatic carbocycles. The van der Waals surface area contributed by atoms with Crippen LogP contribution in [0.15, 0.2) is 12.1 Å². The van der Waals surface area contributed by atoms with E-state index < -0.39 is 11.6 Å². The summed E-state index contributed by atoms with van der Waals surface area (Å²) in [5, 5.41) is -0.0427. The summed E-state index contributed by atoms with van der Waals surface area (Å²) in [6, 6.07) is 2.03. The van der Waals surface area contributed by atoms with Crippen molar-refractivity contribution in [3.63, 3.8) is 0 Å². The van der Waals surface area contributed by atoms with Gasteiger partial charge >= 0.3 is 0 Å². The molecule has 0 atom stereocenters. The topological polar surface area (TPSA) is 0 Å². The van der Waals surface area contributed by atoms with E-state index in [1.54, 1.807) is 0 Å². The molecule has 0 spiro atoms. The van der Waals surface area contributed by atoms with E-state index >= 15 is 0 Å². The first kappa shape index (κ1) is 7.54. The molecule has 0 aliphatic rings. The van der Waals surface area contributed by atoms with Gasteiger partial charge in [-0.05, 0) is 6.07 Å². The molecule has 0 saturated carbocycles. The molecule has 0 aliphatic heterocycles. The molecular formula is C6H4BClF2. The lowest BCUT2D eigenvalue weighted by atomic mass is 9.96. The van der Waals surface area contributed by atoms with Crippen LogP contribution in [0.3, 0.4) is 0 Å². The van der Waals surface area contributed by atoms with Crippen LogP contribution in [-0.2, 0) is 0 Å². The second-order valence-corrected chi connectivity index (χ2v) is 2.42. The van der Waals surface area contributed by atoms with Gasteiger partial charge in [-0.1, -0.05) is 17.1 Å². The Labute approximate surface area is 63.2 Å².